The lowest BCUT2D eigenvalue weighted by Crippen LogP contribution is -2.51. The zero-order valence-electron chi connectivity index (χ0n) is 21.7. The summed E-state index contributed by atoms with van der Waals surface area (Å²) in [5, 5.41) is 0. The van der Waals surface area contributed by atoms with Crippen molar-refractivity contribution in [1.82, 2.24) is 14.7 Å². The van der Waals surface area contributed by atoms with E-state index in [2.05, 4.69) is 24.0 Å². The van der Waals surface area contributed by atoms with Crippen LogP contribution < -0.4 is 9.64 Å². The predicted molar refractivity (Wildman–Crippen MR) is 139 cm³/mol. The van der Waals surface area contributed by atoms with Crippen molar-refractivity contribution in [2.24, 2.45) is 0 Å². The second kappa shape index (κ2) is 10.7. The van der Waals surface area contributed by atoms with E-state index >= 15 is 0 Å². The Morgan fingerprint density at radius 2 is 1.75 bits per heavy atom. The van der Waals surface area contributed by atoms with Crippen LogP contribution in [0.25, 0.3) is 0 Å². The first-order chi connectivity index (χ1) is 17.2. The predicted octanol–water partition coefficient (Wildman–Crippen LogP) is 2.30. The summed E-state index contributed by atoms with van der Waals surface area (Å²) in [4.78, 5) is 47.9. The standard InChI is InChI=1S/C28H36N4O4/c1-21-8-5-6-11-24(21)30-13-15-31(16-14-30)25(33)19-28(22-9-7-10-23(18-22)36-4)20-26(34)32(27(28)35)17-12-29(2)3/h5-11,18H,12-17,19-20H2,1-4H3/t28-/m0/s1. The van der Waals surface area contributed by atoms with Crippen LogP contribution in [0.5, 0.6) is 5.75 Å². The van der Waals surface area contributed by atoms with Crippen LogP contribution in [0.15, 0.2) is 48.5 Å². The van der Waals surface area contributed by atoms with Gasteiger partial charge in [-0.15, -0.1) is 0 Å². The molecule has 0 N–H and O–H groups in total. The molecule has 2 heterocycles. The third kappa shape index (κ3) is 5.09. The van der Waals surface area contributed by atoms with Crippen LogP contribution in [-0.4, -0.2) is 92.9 Å². The highest BCUT2D eigenvalue weighted by Gasteiger charge is 2.54. The summed E-state index contributed by atoms with van der Waals surface area (Å²) in [7, 11) is 5.37. The molecular weight excluding hydrogens is 456 g/mol. The second-order valence-electron chi connectivity index (χ2n) is 9.98. The van der Waals surface area contributed by atoms with E-state index < -0.39 is 5.41 Å². The maximum atomic E-state index is 13.8. The summed E-state index contributed by atoms with van der Waals surface area (Å²) in [5.41, 5.74) is 1.83. The van der Waals surface area contributed by atoms with E-state index in [4.69, 9.17) is 4.74 Å². The Balaban J connectivity index is 1.55. The summed E-state index contributed by atoms with van der Waals surface area (Å²) < 4.78 is 5.39. The Kier molecular flexibility index (Phi) is 7.64. The molecule has 36 heavy (non-hydrogen) atoms. The summed E-state index contributed by atoms with van der Waals surface area (Å²) in [6, 6.07) is 15.5. The zero-order chi connectivity index (χ0) is 25.9. The summed E-state index contributed by atoms with van der Waals surface area (Å²) in [6.07, 6.45) is -0.0467. The average Bonchev–Trinajstić information content (AvgIpc) is 3.12. The van der Waals surface area contributed by atoms with Gasteiger partial charge in [-0.2, -0.15) is 0 Å². The number of benzene rings is 2. The monoisotopic (exact) mass is 492 g/mol. The van der Waals surface area contributed by atoms with Crippen molar-refractivity contribution in [3.63, 3.8) is 0 Å². The van der Waals surface area contributed by atoms with E-state index in [1.54, 1.807) is 19.2 Å². The van der Waals surface area contributed by atoms with Gasteiger partial charge in [-0.3, -0.25) is 19.3 Å². The molecule has 0 aromatic heterocycles. The fraction of sp³-hybridized carbons (Fsp3) is 0.464. The summed E-state index contributed by atoms with van der Waals surface area (Å²) in [5.74, 6) is -0.0348. The molecule has 8 nitrogen and oxygen atoms in total. The number of ether oxygens (including phenoxy) is 1. The molecule has 2 aromatic carbocycles. The van der Waals surface area contributed by atoms with Gasteiger partial charge in [-0.05, 0) is 50.3 Å². The highest BCUT2D eigenvalue weighted by atomic mass is 16.5. The van der Waals surface area contributed by atoms with Gasteiger partial charge >= 0.3 is 0 Å². The van der Waals surface area contributed by atoms with Crippen molar-refractivity contribution >= 4 is 23.4 Å². The van der Waals surface area contributed by atoms with E-state index in [1.807, 2.05) is 48.2 Å². The van der Waals surface area contributed by atoms with E-state index in [0.717, 1.165) is 13.1 Å². The summed E-state index contributed by atoms with van der Waals surface area (Å²) >= 11 is 0. The van der Waals surface area contributed by atoms with Crippen molar-refractivity contribution in [3.05, 3.63) is 59.7 Å². The number of hydrogen-bond acceptors (Lipinski definition) is 6. The number of carbonyl (C=O) groups is 3. The number of aryl methyl sites for hydroxylation is 1. The normalized spacial score (nSPS) is 20.4. The highest BCUT2D eigenvalue weighted by molar-refractivity contribution is 6.10. The van der Waals surface area contributed by atoms with Crippen LogP contribution >= 0.6 is 0 Å². The number of carbonyl (C=O) groups excluding carboxylic acids is 3. The highest BCUT2D eigenvalue weighted by Crippen LogP contribution is 2.41. The number of methoxy groups -OCH3 is 1. The van der Waals surface area contributed by atoms with Crippen molar-refractivity contribution < 1.29 is 19.1 Å². The fourth-order valence-electron chi connectivity index (χ4n) is 5.20. The van der Waals surface area contributed by atoms with E-state index in [0.29, 0.717) is 37.5 Å². The quantitative estimate of drug-likeness (QED) is 0.527. The molecule has 8 heteroatoms. The van der Waals surface area contributed by atoms with Crippen molar-refractivity contribution in [2.45, 2.75) is 25.2 Å². The van der Waals surface area contributed by atoms with Crippen LogP contribution in [-0.2, 0) is 19.8 Å². The minimum Gasteiger partial charge on any atom is -0.497 e. The minimum atomic E-state index is -1.22. The Morgan fingerprint density at radius 3 is 2.42 bits per heavy atom. The molecular formula is C28H36N4O4. The first-order valence-corrected chi connectivity index (χ1v) is 12.5. The van der Waals surface area contributed by atoms with Crippen LogP contribution in [0.3, 0.4) is 0 Å². The SMILES string of the molecule is COc1cccc([C@]2(CC(=O)N3CCN(c4ccccc4C)CC3)CC(=O)N(CCN(C)C)C2=O)c1. The van der Waals surface area contributed by atoms with Crippen molar-refractivity contribution in [1.29, 1.82) is 0 Å². The maximum Gasteiger partial charge on any atom is 0.240 e. The number of likely N-dealkylation sites (N-methyl/N-ethyl adjacent to an activating group) is 1. The van der Waals surface area contributed by atoms with Crippen LogP contribution in [0.4, 0.5) is 5.69 Å². The lowest BCUT2D eigenvalue weighted by atomic mass is 9.75. The first-order valence-electron chi connectivity index (χ1n) is 12.5. The van der Waals surface area contributed by atoms with Gasteiger partial charge < -0.3 is 19.4 Å². The number of imide groups is 1. The Bertz CT molecular complexity index is 1130. The van der Waals surface area contributed by atoms with Gasteiger partial charge in [-0.25, -0.2) is 0 Å². The van der Waals surface area contributed by atoms with Crippen molar-refractivity contribution in [2.75, 3.05) is 65.4 Å². The smallest absolute Gasteiger partial charge is 0.240 e. The molecule has 4 rings (SSSR count). The molecule has 2 aliphatic heterocycles. The van der Waals surface area contributed by atoms with E-state index in [1.165, 1.54) is 16.2 Å². The number of likely N-dealkylation sites (tertiary alicyclic amines) is 1. The fourth-order valence-corrected chi connectivity index (χ4v) is 5.20. The van der Waals surface area contributed by atoms with Gasteiger partial charge in [-0.1, -0.05) is 30.3 Å². The van der Waals surface area contributed by atoms with E-state index in [-0.39, 0.29) is 30.6 Å². The summed E-state index contributed by atoms with van der Waals surface area (Å²) in [6.45, 7) is 5.58. The van der Waals surface area contributed by atoms with Crippen molar-refractivity contribution in [3.8, 4) is 5.75 Å². The number of rotatable bonds is 8. The third-order valence-electron chi connectivity index (χ3n) is 7.34. The lowest BCUT2D eigenvalue weighted by Gasteiger charge is -2.38. The van der Waals surface area contributed by atoms with Crippen LogP contribution in [0, 0.1) is 6.92 Å². The van der Waals surface area contributed by atoms with E-state index in [9.17, 15) is 14.4 Å². The largest absolute Gasteiger partial charge is 0.497 e. The Hall–Kier alpha value is -3.39. The number of para-hydroxylation sites is 1. The average molecular weight is 493 g/mol. The first kappa shape index (κ1) is 25.7. The molecule has 192 valence electrons. The minimum absolute atomic E-state index is 0.0126. The Morgan fingerprint density at radius 1 is 1.03 bits per heavy atom. The number of amides is 3. The Labute approximate surface area is 213 Å². The number of piperazine rings is 1. The lowest BCUT2D eigenvalue weighted by molar-refractivity contribution is -0.142. The number of hydrogen-bond donors (Lipinski definition) is 0. The molecule has 2 fully saturated rings. The molecule has 2 aliphatic rings. The molecule has 1 atom stereocenters. The third-order valence-corrected chi connectivity index (χ3v) is 7.34. The topological polar surface area (TPSA) is 73.4 Å². The van der Waals surface area contributed by atoms with Crippen LogP contribution in [0.1, 0.15) is 24.0 Å². The molecule has 0 aliphatic carbocycles. The molecule has 0 spiro atoms. The number of nitrogens with zero attached hydrogens (tertiary/aromatic N) is 4. The number of anilines is 1. The van der Waals surface area contributed by atoms with Gasteiger partial charge in [0.2, 0.25) is 17.7 Å². The molecule has 3 amide bonds. The van der Waals surface area contributed by atoms with Gasteiger partial charge in [0, 0.05) is 57.8 Å². The molecule has 0 radical (unpaired) electrons. The van der Waals surface area contributed by atoms with Gasteiger partial charge in [0.15, 0.2) is 0 Å². The zero-order valence-corrected chi connectivity index (χ0v) is 21.7. The maximum absolute atomic E-state index is 13.8. The van der Waals surface area contributed by atoms with Gasteiger partial charge in [0.25, 0.3) is 0 Å². The van der Waals surface area contributed by atoms with Gasteiger partial charge in [0.1, 0.15) is 5.75 Å². The van der Waals surface area contributed by atoms with Crippen LogP contribution in [0.2, 0.25) is 0 Å². The molecule has 2 aromatic rings. The molecule has 0 saturated carbocycles. The second-order valence-corrected chi connectivity index (χ2v) is 9.98. The molecule has 0 bridgehead atoms. The van der Waals surface area contributed by atoms with Gasteiger partial charge in [0.05, 0.1) is 12.5 Å². The molecule has 0 unspecified atom stereocenters. The molecule has 2 saturated heterocycles.